The maximum atomic E-state index is 11.8. The first kappa shape index (κ1) is 29.8. The zero-order chi connectivity index (χ0) is 26.6. The third-order valence-electron chi connectivity index (χ3n) is 5.62. The number of hydrogen-bond acceptors (Lipinski definition) is 16. The van der Waals surface area contributed by atoms with Gasteiger partial charge in [0.05, 0.1) is 13.2 Å². The van der Waals surface area contributed by atoms with Crippen LogP contribution in [0, 0.1) is 0 Å². The number of rotatable bonds is 11. The lowest BCUT2D eigenvalue weighted by Gasteiger charge is -2.43. The number of carbonyl (C=O) groups excluding carboxylic acids is 1. The van der Waals surface area contributed by atoms with Crippen molar-refractivity contribution in [2.24, 2.45) is 0 Å². The average Bonchev–Trinajstić information content (AvgIpc) is 2.84. The normalized spacial score (nSPS) is 41.5. The standard InChI is InChI=1S/C18H30O17/c19-1-4(22)7(23)14(34-17-12(28)9(25)8(24)5(2-20)32-17)6(3-21)33-18-13(29)10(26)11(27)15(35-18)16(30)31/h3-15,17-20,22-29H,1-2H2,(H,30,31)/t4-,5-,6-,7-,8+,9+,10+,11+,12-,13-,14-,15+,17-,18-/m1/s1. The van der Waals surface area contributed by atoms with Crippen molar-refractivity contribution in [2.75, 3.05) is 13.2 Å². The molecular formula is C18H30O17. The number of aldehydes is 1. The van der Waals surface area contributed by atoms with Crippen LogP contribution in [0.5, 0.6) is 0 Å². The molecule has 17 nitrogen and oxygen atoms in total. The second-order valence-corrected chi connectivity index (χ2v) is 8.01. The van der Waals surface area contributed by atoms with E-state index in [0.29, 0.717) is 0 Å². The van der Waals surface area contributed by atoms with Crippen LogP contribution in [-0.4, -0.2) is 167 Å². The van der Waals surface area contributed by atoms with Gasteiger partial charge >= 0.3 is 5.97 Å². The predicted molar refractivity (Wildman–Crippen MR) is 103 cm³/mol. The van der Waals surface area contributed by atoms with Gasteiger partial charge in [-0.3, -0.25) is 0 Å². The molecule has 2 aliphatic rings. The number of aliphatic hydroxyl groups excluding tert-OH is 10. The van der Waals surface area contributed by atoms with Gasteiger partial charge in [-0.05, 0) is 0 Å². The van der Waals surface area contributed by atoms with Crippen LogP contribution in [0.1, 0.15) is 0 Å². The van der Waals surface area contributed by atoms with Crippen LogP contribution in [0.25, 0.3) is 0 Å². The Morgan fingerprint density at radius 1 is 0.829 bits per heavy atom. The Balaban J connectivity index is 2.31. The fourth-order valence-electron chi connectivity index (χ4n) is 3.52. The predicted octanol–water partition coefficient (Wildman–Crippen LogP) is -7.64. The van der Waals surface area contributed by atoms with E-state index in [0.717, 1.165) is 0 Å². The van der Waals surface area contributed by atoms with Crippen molar-refractivity contribution in [3.8, 4) is 0 Å². The van der Waals surface area contributed by atoms with E-state index < -0.39 is 105 Å². The van der Waals surface area contributed by atoms with Crippen molar-refractivity contribution in [1.82, 2.24) is 0 Å². The maximum Gasteiger partial charge on any atom is 0.335 e. The zero-order valence-corrected chi connectivity index (χ0v) is 17.9. The molecule has 2 heterocycles. The Morgan fingerprint density at radius 3 is 1.86 bits per heavy atom. The summed E-state index contributed by atoms with van der Waals surface area (Å²) in [5, 5.41) is 108. The highest BCUT2D eigenvalue weighted by molar-refractivity contribution is 5.73. The highest BCUT2D eigenvalue weighted by atomic mass is 16.7. The van der Waals surface area contributed by atoms with Crippen molar-refractivity contribution in [3.05, 3.63) is 0 Å². The highest BCUT2D eigenvalue weighted by Gasteiger charge is 2.51. The summed E-state index contributed by atoms with van der Waals surface area (Å²) in [6.07, 6.45) is -28.1. The minimum atomic E-state index is -2.19. The molecule has 0 radical (unpaired) electrons. The first-order valence-electron chi connectivity index (χ1n) is 10.4. The third-order valence-corrected chi connectivity index (χ3v) is 5.62. The van der Waals surface area contributed by atoms with Gasteiger partial charge in [0.25, 0.3) is 0 Å². The van der Waals surface area contributed by atoms with Gasteiger partial charge in [-0.1, -0.05) is 0 Å². The molecule has 11 N–H and O–H groups in total. The molecular weight excluding hydrogens is 488 g/mol. The first-order valence-corrected chi connectivity index (χ1v) is 10.4. The Morgan fingerprint density at radius 2 is 1.37 bits per heavy atom. The SMILES string of the molecule is O=C[C@@H](O[C@@H]1O[C@H](C(=O)O)[C@@H](O)[C@H](O)[C@H]1O)[C@@H](O[C@H]1O[C@H](CO)[C@H](O)[C@H](O)[C@H]1O)[C@H](O)[C@H](O)CO. The second-order valence-electron chi connectivity index (χ2n) is 8.01. The average molecular weight is 518 g/mol. The molecule has 204 valence electrons. The highest BCUT2D eigenvalue weighted by Crippen LogP contribution is 2.28. The van der Waals surface area contributed by atoms with E-state index in [9.17, 15) is 60.7 Å². The summed E-state index contributed by atoms with van der Waals surface area (Å²) < 4.78 is 20.5. The molecule has 2 aliphatic heterocycles. The number of ether oxygens (including phenoxy) is 4. The van der Waals surface area contributed by atoms with Crippen molar-refractivity contribution >= 4 is 12.3 Å². The van der Waals surface area contributed by atoms with Gasteiger partial charge in [0.15, 0.2) is 25.0 Å². The molecule has 0 spiro atoms. The van der Waals surface area contributed by atoms with Crippen LogP contribution in [0.2, 0.25) is 0 Å². The molecule has 0 saturated carbocycles. The lowest BCUT2D eigenvalue weighted by atomic mass is 9.98. The summed E-state index contributed by atoms with van der Waals surface area (Å²) in [5.74, 6) is -1.76. The molecule has 17 heteroatoms. The molecule has 14 atom stereocenters. The van der Waals surface area contributed by atoms with E-state index in [-0.39, 0.29) is 6.29 Å². The zero-order valence-electron chi connectivity index (χ0n) is 17.9. The Labute approximate surface area is 196 Å². The molecule has 0 aliphatic carbocycles. The van der Waals surface area contributed by atoms with Crippen molar-refractivity contribution in [3.63, 3.8) is 0 Å². The first-order chi connectivity index (χ1) is 16.4. The van der Waals surface area contributed by atoms with Crippen molar-refractivity contribution < 1.29 is 84.7 Å². The summed E-state index contributed by atoms with van der Waals surface area (Å²) in [5.41, 5.74) is 0. The topological polar surface area (TPSA) is 294 Å². The Hall–Kier alpha value is -1.42. The number of aliphatic carboxylic acids is 1. The van der Waals surface area contributed by atoms with E-state index in [1.54, 1.807) is 0 Å². The summed E-state index contributed by atoms with van der Waals surface area (Å²) in [4.78, 5) is 23.1. The van der Waals surface area contributed by atoms with Crippen LogP contribution >= 0.6 is 0 Å². The molecule has 0 bridgehead atoms. The van der Waals surface area contributed by atoms with Crippen molar-refractivity contribution in [1.29, 1.82) is 0 Å². The smallest absolute Gasteiger partial charge is 0.335 e. The molecule has 2 saturated heterocycles. The number of carbonyl (C=O) groups is 2. The van der Waals surface area contributed by atoms with Crippen LogP contribution < -0.4 is 0 Å². The van der Waals surface area contributed by atoms with Crippen LogP contribution in [-0.2, 0) is 28.5 Å². The number of carboxylic acids is 1. The van der Waals surface area contributed by atoms with Crippen LogP contribution in [0.4, 0.5) is 0 Å². The fraction of sp³-hybridized carbons (Fsp3) is 0.889. The van der Waals surface area contributed by atoms with Gasteiger partial charge in [0.2, 0.25) is 0 Å². The fourth-order valence-corrected chi connectivity index (χ4v) is 3.52. The van der Waals surface area contributed by atoms with E-state index in [2.05, 4.69) is 0 Å². The van der Waals surface area contributed by atoms with Gasteiger partial charge in [-0.15, -0.1) is 0 Å². The number of aliphatic hydroxyl groups is 10. The van der Waals surface area contributed by atoms with Gasteiger partial charge in [-0.25, -0.2) is 4.79 Å². The number of carboxylic acid groups (broad SMARTS) is 1. The van der Waals surface area contributed by atoms with E-state index >= 15 is 0 Å². The van der Waals surface area contributed by atoms with Crippen LogP contribution in [0.3, 0.4) is 0 Å². The van der Waals surface area contributed by atoms with Gasteiger partial charge < -0.3 is 79.9 Å². The lowest BCUT2D eigenvalue weighted by molar-refractivity contribution is -0.341. The molecule has 0 unspecified atom stereocenters. The minimum Gasteiger partial charge on any atom is -0.479 e. The van der Waals surface area contributed by atoms with E-state index in [4.69, 9.17) is 24.1 Å². The quantitative estimate of drug-likeness (QED) is 0.113. The van der Waals surface area contributed by atoms with Crippen molar-refractivity contribution in [2.45, 2.75) is 85.8 Å². The summed E-state index contributed by atoms with van der Waals surface area (Å²) in [6.45, 7) is -1.93. The second kappa shape index (κ2) is 12.7. The minimum absolute atomic E-state index is 0.0642. The Bertz CT molecular complexity index is 692. The van der Waals surface area contributed by atoms with E-state index in [1.165, 1.54) is 0 Å². The lowest BCUT2D eigenvalue weighted by Crippen LogP contribution is -2.63. The molecule has 0 aromatic heterocycles. The van der Waals surface area contributed by atoms with Crippen LogP contribution in [0.15, 0.2) is 0 Å². The molecule has 35 heavy (non-hydrogen) atoms. The third kappa shape index (κ3) is 6.48. The molecule has 0 aromatic rings. The number of hydrogen-bond donors (Lipinski definition) is 11. The maximum absolute atomic E-state index is 11.8. The van der Waals surface area contributed by atoms with Gasteiger partial charge in [0, 0.05) is 0 Å². The molecule has 0 aromatic carbocycles. The summed E-state index contributed by atoms with van der Waals surface area (Å²) in [6, 6.07) is 0. The molecule has 0 amide bonds. The monoisotopic (exact) mass is 518 g/mol. The molecule has 2 fully saturated rings. The Kier molecular flexibility index (Phi) is 10.8. The largest absolute Gasteiger partial charge is 0.479 e. The summed E-state index contributed by atoms with van der Waals surface area (Å²) >= 11 is 0. The van der Waals surface area contributed by atoms with E-state index in [1.807, 2.05) is 0 Å². The summed E-state index contributed by atoms with van der Waals surface area (Å²) in [7, 11) is 0. The van der Waals surface area contributed by atoms with Gasteiger partial charge in [0.1, 0.15) is 67.1 Å². The molecule has 2 rings (SSSR count). The van der Waals surface area contributed by atoms with Gasteiger partial charge in [-0.2, -0.15) is 0 Å².